The minimum Gasteiger partial charge on any atom is -0.385 e. The topological polar surface area (TPSA) is 20.2 Å². The van der Waals surface area contributed by atoms with Crippen LogP contribution in [-0.4, -0.2) is 5.11 Å². The lowest BCUT2D eigenvalue weighted by molar-refractivity contribution is 0.0434. The average Bonchev–Trinajstić information content (AvgIpc) is 2.59. The molecule has 1 aliphatic rings. The van der Waals surface area contributed by atoms with Crippen LogP contribution in [0.25, 0.3) is 0 Å². The van der Waals surface area contributed by atoms with E-state index in [1.807, 2.05) is 13.0 Å². The molecule has 1 N–H and O–H groups in total. The Hall–Kier alpha value is -0.890. The zero-order chi connectivity index (χ0) is 11.1. The normalized spacial score (nSPS) is 19.5. The van der Waals surface area contributed by atoms with Crippen LogP contribution in [0, 0.1) is 19.7 Å². The number of hydrogen-bond acceptors (Lipinski definition) is 1. The summed E-state index contributed by atoms with van der Waals surface area (Å²) < 4.78 is 13.6. The van der Waals surface area contributed by atoms with E-state index in [1.54, 1.807) is 6.92 Å². The smallest absolute Gasteiger partial charge is 0.126 e. The molecule has 1 aromatic rings. The fraction of sp³-hybridized carbons (Fsp3) is 0.538. The van der Waals surface area contributed by atoms with Crippen molar-refractivity contribution < 1.29 is 9.50 Å². The van der Waals surface area contributed by atoms with Gasteiger partial charge in [0.15, 0.2) is 0 Å². The lowest BCUT2D eigenvalue weighted by Gasteiger charge is -2.25. The Morgan fingerprint density at radius 3 is 2.40 bits per heavy atom. The lowest BCUT2D eigenvalue weighted by Crippen LogP contribution is -2.22. The summed E-state index contributed by atoms with van der Waals surface area (Å²) >= 11 is 0. The first-order valence-corrected chi connectivity index (χ1v) is 5.52. The molecule has 2 rings (SSSR count). The number of aliphatic hydroxyl groups is 1. The molecule has 2 heteroatoms. The van der Waals surface area contributed by atoms with Crippen molar-refractivity contribution in [3.05, 3.63) is 34.6 Å². The van der Waals surface area contributed by atoms with Crippen LogP contribution in [0.4, 0.5) is 4.39 Å². The van der Waals surface area contributed by atoms with E-state index in [1.165, 1.54) is 6.07 Å². The highest BCUT2D eigenvalue weighted by Crippen LogP contribution is 2.40. The molecule has 15 heavy (non-hydrogen) atoms. The molecule has 0 radical (unpaired) electrons. The molecule has 0 heterocycles. The largest absolute Gasteiger partial charge is 0.385 e. The standard InChI is InChI=1S/C13H17FO/c1-9-7-11(10(2)12(14)8-9)13(15)5-3-4-6-13/h7-8,15H,3-6H2,1-2H3. The number of hydrogen-bond donors (Lipinski definition) is 1. The van der Waals surface area contributed by atoms with Gasteiger partial charge in [0.25, 0.3) is 0 Å². The first-order valence-electron chi connectivity index (χ1n) is 5.52. The molecule has 82 valence electrons. The monoisotopic (exact) mass is 208 g/mol. The van der Waals surface area contributed by atoms with E-state index in [-0.39, 0.29) is 5.82 Å². The van der Waals surface area contributed by atoms with Crippen LogP contribution in [0.1, 0.15) is 42.4 Å². The maximum atomic E-state index is 13.6. The maximum absolute atomic E-state index is 13.6. The Balaban J connectivity index is 2.51. The number of benzene rings is 1. The van der Waals surface area contributed by atoms with Crippen molar-refractivity contribution in [2.24, 2.45) is 0 Å². The lowest BCUT2D eigenvalue weighted by atomic mass is 9.87. The van der Waals surface area contributed by atoms with Gasteiger partial charge in [0.1, 0.15) is 5.82 Å². The van der Waals surface area contributed by atoms with Gasteiger partial charge in [0.2, 0.25) is 0 Å². The van der Waals surface area contributed by atoms with Gasteiger partial charge >= 0.3 is 0 Å². The Morgan fingerprint density at radius 1 is 1.20 bits per heavy atom. The highest BCUT2D eigenvalue weighted by molar-refractivity contribution is 5.36. The first-order chi connectivity index (χ1) is 7.03. The Morgan fingerprint density at radius 2 is 1.80 bits per heavy atom. The van der Waals surface area contributed by atoms with Crippen LogP contribution in [0.3, 0.4) is 0 Å². The molecule has 1 aliphatic carbocycles. The summed E-state index contributed by atoms with van der Waals surface area (Å²) in [7, 11) is 0. The van der Waals surface area contributed by atoms with Crippen molar-refractivity contribution in [3.63, 3.8) is 0 Å². The Kier molecular flexibility index (Phi) is 2.55. The van der Waals surface area contributed by atoms with Crippen LogP contribution >= 0.6 is 0 Å². The Labute approximate surface area is 89.9 Å². The quantitative estimate of drug-likeness (QED) is 0.751. The summed E-state index contributed by atoms with van der Waals surface area (Å²) in [5.41, 5.74) is 1.49. The summed E-state index contributed by atoms with van der Waals surface area (Å²) in [6, 6.07) is 3.45. The van der Waals surface area contributed by atoms with Gasteiger partial charge in [-0.2, -0.15) is 0 Å². The predicted octanol–water partition coefficient (Wildman–Crippen LogP) is 3.20. The third-order valence-electron chi connectivity index (χ3n) is 3.42. The fourth-order valence-corrected chi connectivity index (χ4v) is 2.53. The number of aryl methyl sites for hydroxylation is 1. The molecule has 0 amide bonds. The van der Waals surface area contributed by atoms with E-state index in [2.05, 4.69) is 0 Å². The van der Waals surface area contributed by atoms with Crippen LogP contribution in [0.5, 0.6) is 0 Å². The molecule has 0 atom stereocenters. The van der Waals surface area contributed by atoms with Crippen LogP contribution in [-0.2, 0) is 5.60 Å². The Bertz CT molecular complexity index is 378. The minimum atomic E-state index is -0.781. The molecule has 1 aromatic carbocycles. The SMILES string of the molecule is Cc1cc(F)c(C)c(C2(O)CCCC2)c1. The van der Waals surface area contributed by atoms with Crippen molar-refractivity contribution in [1.82, 2.24) is 0 Å². The fourth-order valence-electron chi connectivity index (χ4n) is 2.53. The molecule has 0 unspecified atom stereocenters. The van der Waals surface area contributed by atoms with Gasteiger partial charge in [-0.15, -0.1) is 0 Å². The summed E-state index contributed by atoms with van der Waals surface area (Å²) in [6.45, 7) is 3.62. The molecule has 1 nitrogen and oxygen atoms in total. The van der Waals surface area contributed by atoms with E-state index < -0.39 is 5.60 Å². The molecule has 0 saturated heterocycles. The summed E-state index contributed by atoms with van der Waals surface area (Å²) in [6.07, 6.45) is 3.59. The predicted molar refractivity (Wildman–Crippen MR) is 58.2 cm³/mol. The summed E-state index contributed by atoms with van der Waals surface area (Å²) in [4.78, 5) is 0. The molecule has 1 saturated carbocycles. The van der Waals surface area contributed by atoms with E-state index >= 15 is 0 Å². The molecule has 0 spiro atoms. The highest BCUT2D eigenvalue weighted by atomic mass is 19.1. The van der Waals surface area contributed by atoms with Crippen molar-refractivity contribution >= 4 is 0 Å². The maximum Gasteiger partial charge on any atom is 0.126 e. The van der Waals surface area contributed by atoms with Gasteiger partial charge in [0, 0.05) is 0 Å². The van der Waals surface area contributed by atoms with Crippen molar-refractivity contribution in [3.8, 4) is 0 Å². The van der Waals surface area contributed by atoms with Crippen LogP contribution in [0.15, 0.2) is 12.1 Å². The molecule has 0 bridgehead atoms. The van der Waals surface area contributed by atoms with Crippen LogP contribution < -0.4 is 0 Å². The van der Waals surface area contributed by atoms with Crippen molar-refractivity contribution in [2.75, 3.05) is 0 Å². The van der Waals surface area contributed by atoms with Gasteiger partial charge in [0.05, 0.1) is 5.60 Å². The van der Waals surface area contributed by atoms with E-state index in [4.69, 9.17) is 0 Å². The van der Waals surface area contributed by atoms with Crippen molar-refractivity contribution in [1.29, 1.82) is 0 Å². The second kappa shape index (κ2) is 3.60. The third-order valence-corrected chi connectivity index (χ3v) is 3.42. The minimum absolute atomic E-state index is 0.203. The van der Waals surface area contributed by atoms with E-state index in [0.717, 1.165) is 36.8 Å². The van der Waals surface area contributed by atoms with E-state index in [0.29, 0.717) is 5.56 Å². The van der Waals surface area contributed by atoms with Gasteiger partial charge in [-0.1, -0.05) is 18.9 Å². The molecular formula is C13H17FO. The average molecular weight is 208 g/mol. The van der Waals surface area contributed by atoms with Gasteiger partial charge in [-0.3, -0.25) is 0 Å². The van der Waals surface area contributed by atoms with Gasteiger partial charge < -0.3 is 5.11 Å². The highest BCUT2D eigenvalue weighted by Gasteiger charge is 2.34. The zero-order valence-electron chi connectivity index (χ0n) is 9.31. The van der Waals surface area contributed by atoms with E-state index in [9.17, 15) is 9.50 Å². The van der Waals surface area contributed by atoms with Crippen LogP contribution in [0.2, 0.25) is 0 Å². The zero-order valence-corrected chi connectivity index (χ0v) is 9.31. The second-order valence-corrected chi connectivity index (χ2v) is 4.66. The molecule has 0 aromatic heterocycles. The van der Waals surface area contributed by atoms with Gasteiger partial charge in [-0.05, 0) is 49.4 Å². The number of rotatable bonds is 1. The summed E-state index contributed by atoms with van der Waals surface area (Å²) in [5.74, 6) is -0.203. The molecule has 0 aliphatic heterocycles. The van der Waals surface area contributed by atoms with Gasteiger partial charge in [-0.25, -0.2) is 4.39 Å². The first kappa shape index (κ1) is 10.6. The molecular weight excluding hydrogens is 191 g/mol. The second-order valence-electron chi connectivity index (χ2n) is 4.66. The number of halogens is 1. The summed E-state index contributed by atoms with van der Waals surface area (Å²) in [5, 5.41) is 10.4. The third kappa shape index (κ3) is 1.78. The van der Waals surface area contributed by atoms with Crippen molar-refractivity contribution in [2.45, 2.75) is 45.1 Å². The molecule has 1 fully saturated rings.